The first-order valence-corrected chi connectivity index (χ1v) is 9.96. The first-order valence-electron chi connectivity index (χ1n) is 8.59. The molecule has 4 rings (SSSR count). The maximum Gasteiger partial charge on any atom is 0.446 e. The van der Waals surface area contributed by atoms with Crippen LogP contribution in [0.1, 0.15) is 56.1 Å². The molecule has 6 heteroatoms. The predicted octanol–water partition coefficient (Wildman–Crippen LogP) is 3.29. The summed E-state index contributed by atoms with van der Waals surface area (Å²) in [4.78, 5) is 12.9. The number of Topliss-reactive ketones (excluding diaryl/α,β-unsaturated/α-hetero) is 1. The van der Waals surface area contributed by atoms with Gasteiger partial charge in [-0.2, -0.15) is 8.42 Å². The molecule has 24 heavy (non-hydrogen) atoms. The Hall–Kier alpha value is -1.40. The molecule has 3 aliphatic carbocycles. The molecule has 3 aliphatic rings. The standard InChI is InChI=1S/C18H22O5S/c1-18-7-2-3-15(18)17-14(6-8-18)13-5-4-12(23-24(20,21)22)9-11(13)10-16(17)19/h4-5,9,14-15,17H,2-3,6-8,10H2,1H3,(H,20,21,22). The van der Waals surface area contributed by atoms with Crippen molar-refractivity contribution in [2.75, 3.05) is 0 Å². The molecule has 0 spiro atoms. The number of ketones is 1. The van der Waals surface area contributed by atoms with E-state index in [1.807, 2.05) is 6.07 Å². The smallest absolute Gasteiger partial charge is 0.362 e. The van der Waals surface area contributed by atoms with Gasteiger partial charge in [0.1, 0.15) is 11.5 Å². The zero-order valence-electron chi connectivity index (χ0n) is 13.7. The molecular formula is C18H22O5S. The molecule has 1 aromatic carbocycles. The van der Waals surface area contributed by atoms with E-state index in [1.54, 1.807) is 12.1 Å². The van der Waals surface area contributed by atoms with Crippen molar-refractivity contribution in [2.45, 2.75) is 51.4 Å². The summed E-state index contributed by atoms with van der Waals surface area (Å²) in [5.41, 5.74) is 2.29. The Bertz CT molecular complexity index is 800. The summed E-state index contributed by atoms with van der Waals surface area (Å²) in [6, 6.07) is 5.03. The highest BCUT2D eigenvalue weighted by Crippen LogP contribution is 2.60. The average Bonchev–Trinajstić information content (AvgIpc) is 2.86. The highest BCUT2D eigenvalue weighted by molar-refractivity contribution is 7.81. The Kier molecular flexibility index (Phi) is 3.55. The van der Waals surface area contributed by atoms with Crippen LogP contribution in [0.2, 0.25) is 0 Å². The van der Waals surface area contributed by atoms with E-state index in [-0.39, 0.29) is 23.4 Å². The number of hydrogen-bond acceptors (Lipinski definition) is 4. The van der Waals surface area contributed by atoms with Crippen LogP contribution in [0.25, 0.3) is 0 Å². The maximum atomic E-state index is 12.9. The number of benzene rings is 1. The zero-order valence-corrected chi connectivity index (χ0v) is 14.5. The van der Waals surface area contributed by atoms with Crippen LogP contribution in [0.4, 0.5) is 0 Å². The third-order valence-corrected chi connectivity index (χ3v) is 6.91. The zero-order chi connectivity index (χ0) is 17.1. The van der Waals surface area contributed by atoms with Gasteiger partial charge >= 0.3 is 10.4 Å². The van der Waals surface area contributed by atoms with Crippen LogP contribution >= 0.6 is 0 Å². The van der Waals surface area contributed by atoms with Crippen molar-refractivity contribution in [2.24, 2.45) is 17.3 Å². The van der Waals surface area contributed by atoms with Crippen LogP contribution in [0.5, 0.6) is 5.75 Å². The highest BCUT2D eigenvalue weighted by atomic mass is 32.3. The summed E-state index contributed by atoms with van der Waals surface area (Å²) >= 11 is 0. The fourth-order valence-corrected chi connectivity index (χ4v) is 5.85. The van der Waals surface area contributed by atoms with Crippen molar-refractivity contribution in [1.29, 1.82) is 0 Å². The molecule has 0 aliphatic heterocycles. The molecular weight excluding hydrogens is 328 g/mol. The molecule has 2 saturated carbocycles. The second-order valence-electron chi connectivity index (χ2n) is 7.84. The van der Waals surface area contributed by atoms with E-state index >= 15 is 0 Å². The number of hydrogen-bond donors (Lipinski definition) is 1. The Morgan fingerprint density at radius 2 is 2.04 bits per heavy atom. The van der Waals surface area contributed by atoms with Crippen molar-refractivity contribution in [3.8, 4) is 5.75 Å². The van der Waals surface area contributed by atoms with Crippen molar-refractivity contribution in [3.05, 3.63) is 29.3 Å². The minimum Gasteiger partial charge on any atom is -0.362 e. The SMILES string of the molecule is CC12CCCC1C1C(=O)Cc3cc(OS(=O)(=O)O)ccc3C1CC2. The molecule has 4 unspecified atom stereocenters. The monoisotopic (exact) mass is 350 g/mol. The average molecular weight is 350 g/mol. The van der Waals surface area contributed by atoms with E-state index in [4.69, 9.17) is 4.55 Å². The van der Waals surface area contributed by atoms with Crippen LogP contribution in [-0.4, -0.2) is 18.8 Å². The second-order valence-corrected chi connectivity index (χ2v) is 8.86. The van der Waals surface area contributed by atoms with Gasteiger partial charge in [0.15, 0.2) is 0 Å². The van der Waals surface area contributed by atoms with Crippen molar-refractivity contribution >= 4 is 16.2 Å². The van der Waals surface area contributed by atoms with Gasteiger partial charge in [-0.15, -0.1) is 0 Å². The molecule has 0 aromatic heterocycles. The summed E-state index contributed by atoms with van der Waals surface area (Å²) < 4.78 is 35.1. The molecule has 0 saturated heterocycles. The van der Waals surface area contributed by atoms with E-state index in [0.717, 1.165) is 30.4 Å². The van der Waals surface area contributed by atoms with Crippen LogP contribution in [0.3, 0.4) is 0 Å². The lowest BCUT2D eigenvalue weighted by molar-refractivity contribution is -0.129. The number of fused-ring (bicyclic) bond motifs is 5. The van der Waals surface area contributed by atoms with Crippen molar-refractivity contribution < 1.29 is 21.9 Å². The predicted molar refractivity (Wildman–Crippen MR) is 88.2 cm³/mol. The molecule has 130 valence electrons. The van der Waals surface area contributed by atoms with E-state index < -0.39 is 10.4 Å². The van der Waals surface area contributed by atoms with Crippen LogP contribution in [-0.2, 0) is 21.6 Å². The minimum absolute atomic E-state index is 0.0593. The number of rotatable bonds is 2. The minimum atomic E-state index is -4.55. The molecule has 0 bridgehead atoms. The molecule has 2 fully saturated rings. The normalized spacial score (nSPS) is 35.1. The van der Waals surface area contributed by atoms with Crippen LogP contribution in [0.15, 0.2) is 18.2 Å². The fraction of sp³-hybridized carbons (Fsp3) is 0.611. The lowest BCUT2D eigenvalue weighted by Crippen LogP contribution is -2.44. The van der Waals surface area contributed by atoms with Gasteiger partial charge in [-0.3, -0.25) is 9.35 Å². The second kappa shape index (κ2) is 5.30. The van der Waals surface area contributed by atoms with Gasteiger partial charge in [0.05, 0.1) is 0 Å². The summed E-state index contributed by atoms with van der Waals surface area (Å²) in [5, 5.41) is 0. The molecule has 1 aromatic rings. The van der Waals surface area contributed by atoms with Gasteiger partial charge in [0.25, 0.3) is 0 Å². The van der Waals surface area contributed by atoms with Gasteiger partial charge in [0.2, 0.25) is 0 Å². The van der Waals surface area contributed by atoms with Crippen LogP contribution < -0.4 is 4.18 Å². The topological polar surface area (TPSA) is 80.7 Å². The Balaban J connectivity index is 1.70. The largest absolute Gasteiger partial charge is 0.446 e. The van der Waals surface area contributed by atoms with E-state index in [1.165, 1.54) is 12.8 Å². The van der Waals surface area contributed by atoms with Crippen molar-refractivity contribution in [1.82, 2.24) is 0 Å². The summed E-state index contributed by atoms with van der Waals surface area (Å²) in [6.07, 6.45) is 6.06. The first kappa shape index (κ1) is 16.1. The quantitative estimate of drug-likeness (QED) is 0.828. The maximum absolute atomic E-state index is 12.9. The first-order chi connectivity index (χ1) is 11.3. The third kappa shape index (κ3) is 2.56. The molecule has 0 heterocycles. The van der Waals surface area contributed by atoms with Gasteiger partial charge in [0, 0.05) is 12.3 Å². The van der Waals surface area contributed by atoms with E-state index in [0.29, 0.717) is 17.8 Å². The molecule has 0 amide bonds. The molecule has 4 atom stereocenters. The van der Waals surface area contributed by atoms with E-state index in [2.05, 4.69) is 11.1 Å². The van der Waals surface area contributed by atoms with E-state index in [9.17, 15) is 13.2 Å². The van der Waals surface area contributed by atoms with Crippen LogP contribution in [0, 0.1) is 17.3 Å². The lowest BCUT2D eigenvalue weighted by atomic mass is 9.55. The lowest BCUT2D eigenvalue weighted by Gasteiger charge is -2.48. The van der Waals surface area contributed by atoms with Crippen molar-refractivity contribution in [3.63, 3.8) is 0 Å². The third-order valence-electron chi connectivity index (χ3n) is 6.50. The summed E-state index contributed by atoms with van der Waals surface area (Å²) in [5.74, 6) is 1.15. The molecule has 0 radical (unpaired) electrons. The number of carbonyl (C=O) groups is 1. The molecule has 1 N–H and O–H groups in total. The summed E-state index contributed by atoms with van der Waals surface area (Å²) in [7, 11) is -4.55. The fourth-order valence-electron chi connectivity index (χ4n) is 5.50. The van der Waals surface area contributed by atoms with Gasteiger partial charge in [-0.05, 0) is 66.2 Å². The summed E-state index contributed by atoms with van der Waals surface area (Å²) in [6.45, 7) is 2.34. The van der Waals surface area contributed by atoms with Gasteiger partial charge in [-0.1, -0.05) is 19.4 Å². The number of carbonyl (C=O) groups excluding carboxylic acids is 1. The Morgan fingerprint density at radius 1 is 1.25 bits per heavy atom. The highest BCUT2D eigenvalue weighted by Gasteiger charge is 2.53. The molecule has 5 nitrogen and oxygen atoms in total. The Labute approximate surface area is 142 Å². The van der Waals surface area contributed by atoms with Gasteiger partial charge < -0.3 is 4.18 Å². The van der Waals surface area contributed by atoms with Gasteiger partial charge in [-0.25, -0.2) is 0 Å². The Morgan fingerprint density at radius 3 is 2.79 bits per heavy atom.